The molecule has 2 rings (SSSR count). The summed E-state index contributed by atoms with van der Waals surface area (Å²) in [6.45, 7) is 1.82. The molecule has 1 spiro atoms. The molecule has 1 saturated carbocycles. The average Bonchev–Trinajstić information content (AvgIpc) is 2.50. The Kier molecular flexibility index (Phi) is 3.29. The second-order valence-electron chi connectivity index (χ2n) is 4.98. The SMILES string of the molecule is COC(=O)C1CNCC12CCCCCC2. The van der Waals surface area contributed by atoms with Gasteiger partial charge in [0, 0.05) is 13.1 Å². The maximum absolute atomic E-state index is 11.7. The molecule has 0 aromatic carbocycles. The molecule has 3 nitrogen and oxygen atoms in total. The Labute approximate surface area is 91.6 Å². The van der Waals surface area contributed by atoms with Gasteiger partial charge in [0.1, 0.15) is 0 Å². The van der Waals surface area contributed by atoms with E-state index in [1.165, 1.54) is 45.6 Å². The highest BCUT2D eigenvalue weighted by Crippen LogP contribution is 2.44. The molecule has 2 fully saturated rings. The van der Waals surface area contributed by atoms with Crippen LogP contribution in [0.1, 0.15) is 38.5 Å². The summed E-state index contributed by atoms with van der Waals surface area (Å²) in [5.74, 6) is 0.0856. The van der Waals surface area contributed by atoms with Crippen molar-refractivity contribution in [3.63, 3.8) is 0 Å². The zero-order valence-electron chi connectivity index (χ0n) is 9.55. The maximum Gasteiger partial charge on any atom is 0.310 e. The van der Waals surface area contributed by atoms with Crippen LogP contribution in [0.3, 0.4) is 0 Å². The third kappa shape index (κ3) is 2.03. The number of methoxy groups -OCH3 is 1. The molecular formula is C12H21NO2. The molecule has 1 aliphatic heterocycles. The maximum atomic E-state index is 11.7. The van der Waals surface area contributed by atoms with Gasteiger partial charge in [0.25, 0.3) is 0 Å². The molecule has 86 valence electrons. The summed E-state index contributed by atoms with van der Waals surface area (Å²) in [6, 6.07) is 0. The van der Waals surface area contributed by atoms with Crippen LogP contribution in [0.4, 0.5) is 0 Å². The monoisotopic (exact) mass is 211 g/mol. The fraction of sp³-hybridized carbons (Fsp3) is 0.917. The molecule has 1 atom stereocenters. The Bertz CT molecular complexity index is 232. The Morgan fingerprint density at radius 2 is 1.93 bits per heavy atom. The van der Waals surface area contributed by atoms with Gasteiger partial charge in [0.15, 0.2) is 0 Å². The summed E-state index contributed by atoms with van der Waals surface area (Å²) in [5.41, 5.74) is 0.212. The number of hydrogen-bond acceptors (Lipinski definition) is 3. The van der Waals surface area contributed by atoms with Crippen LogP contribution in [0, 0.1) is 11.3 Å². The first-order valence-corrected chi connectivity index (χ1v) is 6.07. The molecule has 0 radical (unpaired) electrons. The van der Waals surface area contributed by atoms with Crippen LogP contribution in [0.5, 0.6) is 0 Å². The number of carbonyl (C=O) groups is 1. The van der Waals surface area contributed by atoms with Crippen molar-refractivity contribution in [2.45, 2.75) is 38.5 Å². The van der Waals surface area contributed by atoms with Gasteiger partial charge in [-0.1, -0.05) is 25.7 Å². The van der Waals surface area contributed by atoms with Crippen molar-refractivity contribution in [2.24, 2.45) is 11.3 Å². The van der Waals surface area contributed by atoms with E-state index in [2.05, 4.69) is 5.32 Å². The molecule has 1 saturated heterocycles. The van der Waals surface area contributed by atoms with E-state index >= 15 is 0 Å². The van der Waals surface area contributed by atoms with Crippen molar-refractivity contribution in [1.82, 2.24) is 5.32 Å². The van der Waals surface area contributed by atoms with Gasteiger partial charge in [0.2, 0.25) is 0 Å². The van der Waals surface area contributed by atoms with Crippen molar-refractivity contribution in [2.75, 3.05) is 20.2 Å². The van der Waals surface area contributed by atoms with Crippen molar-refractivity contribution < 1.29 is 9.53 Å². The summed E-state index contributed by atoms with van der Waals surface area (Å²) >= 11 is 0. The summed E-state index contributed by atoms with van der Waals surface area (Å²) in [7, 11) is 1.51. The van der Waals surface area contributed by atoms with Crippen molar-refractivity contribution >= 4 is 5.97 Å². The molecule has 1 unspecified atom stereocenters. The van der Waals surface area contributed by atoms with Gasteiger partial charge in [-0.25, -0.2) is 0 Å². The van der Waals surface area contributed by atoms with Crippen LogP contribution in [0.2, 0.25) is 0 Å². The summed E-state index contributed by atoms with van der Waals surface area (Å²) < 4.78 is 4.92. The van der Waals surface area contributed by atoms with E-state index in [0.29, 0.717) is 0 Å². The van der Waals surface area contributed by atoms with E-state index in [0.717, 1.165) is 13.1 Å². The molecule has 1 heterocycles. The predicted molar refractivity (Wildman–Crippen MR) is 58.5 cm³/mol. The van der Waals surface area contributed by atoms with Gasteiger partial charge in [-0.15, -0.1) is 0 Å². The Hall–Kier alpha value is -0.570. The Balaban J connectivity index is 2.12. The first-order valence-electron chi connectivity index (χ1n) is 6.07. The number of rotatable bonds is 1. The summed E-state index contributed by atoms with van der Waals surface area (Å²) in [6.07, 6.45) is 7.59. The highest BCUT2D eigenvalue weighted by atomic mass is 16.5. The number of ether oxygens (including phenoxy) is 1. The van der Waals surface area contributed by atoms with Gasteiger partial charge in [-0.2, -0.15) is 0 Å². The van der Waals surface area contributed by atoms with Crippen LogP contribution in [0.15, 0.2) is 0 Å². The number of nitrogens with one attached hydrogen (secondary N) is 1. The number of hydrogen-bond donors (Lipinski definition) is 1. The largest absolute Gasteiger partial charge is 0.469 e. The van der Waals surface area contributed by atoms with Gasteiger partial charge >= 0.3 is 5.97 Å². The zero-order valence-corrected chi connectivity index (χ0v) is 9.55. The van der Waals surface area contributed by atoms with Gasteiger partial charge in [-0.05, 0) is 18.3 Å². The second kappa shape index (κ2) is 4.52. The van der Waals surface area contributed by atoms with Crippen LogP contribution in [-0.4, -0.2) is 26.2 Å². The van der Waals surface area contributed by atoms with Crippen LogP contribution < -0.4 is 5.32 Å². The second-order valence-corrected chi connectivity index (χ2v) is 4.98. The summed E-state index contributed by atoms with van der Waals surface area (Å²) in [4.78, 5) is 11.7. The topological polar surface area (TPSA) is 38.3 Å². The van der Waals surface area contributed by atoms with Gasteiger partial charge in [-0.3, -0.25) is 4.79 Å². The fourth-order valence-electron chi connectivity index (χ4n) is 3.24. The van der Waals surface area contributed by atoms with E-state index in [4.69, 9.17) is 4.74 Å². The molecule has 0 amide bonds. The van der Waals surface area contributed by atoms with Crippen LogP contribution in [-0.2, 0) is 9.53 Å². The summed E-state index contributed by atoms with van der Waals surface area (Å²) in [5, 5.41) is 3.38. The van der Waals surface area contributed by atoms with E-state index in [-0.39, 0.29) is 17.3 Å². The molecular weight excluding hydrogens is 190 g/mol. The Morgan fingerprint density at radius 1 is 1.27 bits per heavy atom. The third-order valence-corrected chi connectivity index (χ3v) is 4.15. The molecule has 0 bridgehead atoms. The third-order valence-electron chi connectivity index (χ3n) is 4.15. The Morgan fingerprint density at radius 3 is 2.53 bits per heavy atom. The highest BCUT2D eigenvalue weighted by molar-refractivity contribution is 5.74. The highest BCUT2D eigenvalue weighted by Gasteiger charge is 2.46. The van der Waals surface area contributed by atoms with Crippen molar-refractivity contribution in [3.8, 4) is 0 Å². The first kappa shape index (κ1) is 10.9. The van der Waals surface area contributed by atoms with Crippen molar-refractivity contribution in [3.05, 3.63) is 0 Å². The lowest BCUT2D eigenvalue weighted by Gasteiger charge is -2.31. The van der Waals surface area contributed by atoms with Gasteiger partial charge in [0.05, 0.1) is 13.0 Å². The smallest absolute Gasteiger partial charge is 0.310 e. The number of carbonyl (C=O) groups excluding carboxylic acids is 1. The predicted octanol–water partition coefficient (Wildman–Crippen LogP) is 1.72. The molecule has 1 aliphatic carbocycles. The first-order chi connectivity index (χ1) is 7.28. The minimum atomic E-state index is -0.0121. The van der Waals surface area contributed by atoms with Crippen LogP contribution in [0.25, 0.3) is 0 Å². The van der Waals surface area contributed by atoms with E-state index < -0.39 is 0 Å². The molecule has 2 aliphatic rings. The van der Waals surface area contributed by atoms with E-state index in [9.17, 15) is 4.79 Å². The lowest BCUT2D eigenvalue weighted by Crippen LogP contribution is -2.35. The quantitative estimate of drug-likeness (QED) is 0.671. The molecule has 3 heteroatoms. The van der Waals surface area contributed by atoms with Crippen molar-refractivity contribution in [1.29, 1.82) is 0 Å². The zero-order chi connectivity index (χ0) is 10.7. The molecule has 0 aromatic rings. The van der Waals surface area contributed by atoms with E-state index in [1.54, 1.807) is 0 Å². The molecule has 1 N–H and O–H groups in total. The molecule has 0 aromatic heterocycles. The number of esters is 1. The lowest BCUT2D eigenvalue weighted by molar-refractivity contribution is -0.148. The van der Waals surface area contributed by atoms with Gasteiger partial charge < -0.3 is 10.1 Å². The molecule has 15 heavy (non-hydrogen) atoms. The fourth-order valence-corrected chi connectivity index (χ4v) is 3.24. The minimum Gasteiger partial charge on any atom is -0.469 e. The normalized spacial score (nSPS) is 30.1. The van der Waals surface area contributed by atoms with Crippen LogP contribution >= 0.6 is 0 Å². The minimum absolute atomic E-state index is 0.0121. The average molecular weight is 211 g/mol. The standard InChI is InChI=1S/C12H21NO2/c1-15-11(14)10-8-13-9-12(10)6-4-2-3-5-7-12/h10,13H,2-9H2,1H3. The lowest BCUT2D eigenvalue weighted by atomic mass is 9.72. The van der Waals surface area contributed by atoms with E-state index in [1.807, 2.05) is 0 Å².